The van der Waals surface area contributed by atoms with Crippen molar-refractivity contribution < 1.29 is 50.5 Å². The number of likely N-dealkylation sites (tertiary alicyclic amines) is 1. The Bertz CT molecular complexity index is 1570. The van der Waals surface area contributed by atoms with Gasteiger partial charge in [-0.1, -0.05) is 23.7 Å². The third-order valence-electron chi connectivity index (χ3n) is 7.69. The minimum absolute atomic E-state index is 0.0531. The number of ether oxygens (including phenoxy) is 2. The molecule has 1 fully saturated rings. The van der Waals surface area contributed by atoms with E-state index in [0.717, 1.165) is 6.07 Å². The van der Waals surface area contributed by atoms with Crippen LogP contribution in [0.5, 0.6) is 5.75 Å². The quantitative estimate of drug-likeness (QED) is 0.317. The van der Waals surface area contributed by atoms with Crippen molar-refractivity contribution in [3.63, 3.8) is 0 Å². The molecule has 0 radical (unpaired) electrons. The highest BCUT2D eigenvalue weighted by Crippen LogP contribution is 2.47. The van der Waals surface area contributed by atoms with E-state index in [2.05, 4.69) is 10.2 Å². The summed E-state index contributed by atoms with van der Waals surface area (Å²) in [6.07, 6.45) is -12.7. The van der Waals surface area contributed by atoms with Crippen LogP contribution in [0.1, 0.15) is 66.2 Å². The standard InChI is InChI=1S/C28H25ClF6N4O5/c1-43-19-4-2-3-16(23(19)29)24-17-12-15(27(30,31)32)5-6-18(17)39-25(36-37-26(39)28(33,34)35)20(44-24)13-21(40)38-9-7-14(8-10-38)11-22(41)42/h2-6,12,14,20,24H,7-11,13H2,1H3,(H,41,42)/t20-,24-/m1/s1. The molecule has 2 aliphatic rings. The zero-order chi connectivity index (χ0) is 32.0. The number of benzene rings is 2. The molecule has 0 bridgehead atoms. The molecule has 1 N–H and O–H groups in total. The van der Waals surface area contributed by atoms with Crippen LogP contribution in [-0.2, 0) is 26.7 Å². The number of rotatable bonds is 6. The van der Waals surface area contributed by atoms with Crippen LogP contribution in [0.25, 0.3) is 5.69 Å². The summed E-state index contributed by atoms with van der Waals surface area (Å²) in [5.74, 6) is -3.44. The van der Waals surface area contributed by atoms with Crippen molar-refractivity contribution in [2.24, 2.45) is 5.92 Å². The van der Waals surface area contributed by atoms with Gasteiger partial charge in [-0.3, -0.25) is 14.2 Å². The lowest BCUT2D eigenvalue weighted by molar-refractivity contribution is -0.146. The lowest BCUT2D eigenvalue weighted by Crippen LogP contribution is -2.39. The summed E-state index contributed by atoms with van der Waals surface area (Å²) >= 11 is 6.55. The topological polar surface area (TPSA) is 107 Å². The number of halogens is 7. The lowest BCUT2D eigenvalue weighted by Gasteiger charge is -2.32. The Morgan fingerprint density at radius 3 is 2.34 bits per heavy atom. The van der Waals surface area contributed by atoms with Crippen LogP contribution in [0, 0.1) is 5.92 Å². The van der Waals surface area contributed by atoms with E-state index in [-0.39, 0.29) is 53.0 Å². The highest BCUT2D eigenvalue weighted by atomic mass is 35.5. The summed E-state index contributed by atoms with van der Waals surface area (Å²) in [4.78, 5) is 26.0. The van der Waals surface area contributed by atoms with Gasteiger partial charge in [0.2, 0.25) is 11.7 Å². The van der Waals surface area contributed by atoms with E-state index in [1.807, 2.05) is 0 Å². The Morgan fingerprint density at radius 2 is 1.73 bits per heavy atom. The number of aliphatic carboxylic acids is 1. The molecule has 0 spiro atoms. The van der Waals surface area contributed by atoms with E-state index in [1.165, 1.54) is 30.2 Å². The second kappa shape index (κ2) is 11.9. The van der Waals surface area contributed by atoms with Crippen LogP contribution in [0.3, 0.4) is 0 Å². The van der Waals surface area contributed by atoms with Crippen molar-refractivity contribution in [2.75, 3.05) is 20.2 Å². The Labute approximate surface area is 251 Å². The van der Waals surface area contributed by atoms with Gasteiger partial charge in [-0.05, 0) is 43.0 Å². The fourth-order valence-electron chi connectivity index (χ4n) is 5.56. The van der Waals surface area contributed by atoms with Gasteiger partial charge in [0, 0.05) is 30.6 Å². The molecule has 0 aliphatic carbocycles. The number of alkyl halides is 6. The van der Waals surface area contributed by atoms with Crippen LogP contribution in [0.4, 0.5) is 26.3 Å². The maximum absolute atomic E-state index is 14.2. The highest BCUT2D eigenvalue weighted by molar-refractivity contribution is 6.32. The fraction of sp³-hybridized carbons (Fsp3) is 0.429. The molecular weight excluding hydrogens is 622 g/mol. The number of aromatic nitrogens is 3. The van der Waals surface area contributed by atoms with E-state index >= 15 is 0 Å². The number of hydrogen-bond acceptors (Lipinski definition) is 6. The summed E-state index contributed by atoms with van der Waals surface area (Å²) in [6.45, 7) is 0.425. The van der Waals surface area contributed by atoms with Crippen molar-refractivity contribution in [2.45, 2.75) is 50.2 Å². The summed E-state index contributed by atoms with van der Waals surface area (Å²) < 4.78 is 96.2. The van der Waals surface area contributed by atoms with Crippen LogP contribution < -0.4 is 4.74 Å². The number of nitrogens with zero attached hydrogens (tertiary/aromatic N) is 4. The van der Waals surface area contributed by atoms with E-state index in [0.29, 0.717) is 29.5 Å². The van der Waals surface area contributed by atoms with Gasteiger partial charge < -0.3 is 19.5 Å². The molecule has 44 heavy (non-hydrogen) atoms. The third-order valence-corrected chi connectivity index (χ3v) is 8.10. The van der Waals surface area contributed by atoms with Crippen LogP contribution in [0.2, 0.25) is 5.02 Å². The number of carbonyl (C=O) groups is 2. The summed E-state index contributed by atoms with van der Waals surface area (Å²) in [5, 5.41) is 16.0. The molecule has 16 heteroatoms. The maximum atomic E-state index is 14.2. The summed E-state index contributed by atoms with van der Waals surface area (Å²) in [6, 6.07) is 6.60. The van der Waals surface area contributed by atoms with Crippen LogP contribution in [0.15, 0.2) is 36.4 Å². The first-order valence-corrected chi connectivity index (χ1v) is 13.8. The van der Waals surface area contributed by atoms with Crippen LogP contribution >= 0.6 is 11.6 Å². The molecule has 3 heterocycles. The van der Waals surface area contributed by atoms with E-state index in [1.54, 1.807) is 0 Å². The van der Waals surface area contributed by atoms with Crippen LogP contribution in [-0.4, -0.2) is 56.8 Å². The number of carboxylic acid groups (broad SMARTS) is 1. The van der Waals surface area contributed by atoms with Gasteiger partial charge in [-0.15, -0.1) is 10.2 Å². The van der Waals surface area contributed by atoms with Crippen molar-refractivity contribution in [3.8, 4) is 11.4 Å². The second-order valence-electron chi connectivity index (χ2n) is 10.5. The minimum Gasteiger partial charge on any atom is -0.495 e. The zero-order valence-electron chi connectivity index (χ0n) is 23.0. The largest absolute Gasteiger partial charge is 0.495 e. The number of carboxylic acids is 1. The SMILES string of the molecule is COc1cccc([C@H]2O[C@H](CC(=O)N3CCC(CC(=O)O)CC3)c3nnc(C(F)(F)F)n3-c3ccc(C(F)(F)F)cc32)c1Cl. The predicted molar refractivity (Wildman–Crippen MR) is 141 cm³/mol. The van der Waals surface area contributed by atoms with E-state index < -0.39 is 60.1 Å². The van der Waals surface area contributed by atoms with E-state index in [4.69, 9.17) is 26.2 Å². The maximum Gasteiger partial charge on any atom is 0.452 e. The molecule has 2 aliphatic heterocycles. The Balaban J connectivity index is 1.62. The fourth-order valence-corrected chi connectivity index (χ4v) is 5.86. The molecule has 2 atom stereocenters. The monoisotopic (exact) mass is 646 g/mol. The molecule has 9 nitrogen and oxygen atoms in total. The van der Waals surface area contributed by atoms with Gasteiger partial charge in [0.05, 0.1) is 29.8 Å². The molecule has 1 saturated heterocycles. The number of fused-ring (bicyclic) bond motifs is 3. The van der Waals surface area contributed by atoms with Gasteiger partial charge in [-0.2, -0.15) is 26.3 Å². The number of amides is 1. The molecule has 3 aromatic rings. The van der Waals surface area contributed by atoms with E-state index in [9.17, 15) is 35.9 Å². The first-order chi connectivity index (χ1) is 20.7. The van der Waals surface area contributed by atoms with Crippen molar-refractivity contribution in [1.82, 2.24) is 19.7 Å². The number of methoxy groups -OCH3 is 1. The molecule has 1 amide bonds. The van der Waals surface area contributed by atoms with Gasteiger partial charge in [0.15, 0.2) is 5.82 Å². The van der Waals surface area contributed by atoms with Gasteiger partial charge in [-0.25, -0.2) is 0 Å². The lowest BCUT2D eigenvalue weighted by atomic mass is 9.93. The Kier molecular flexibility index (Phi) is 8.55. The smallest absolute Gasteiger partial charge is 0.452 e. The number of carbonyl (C=O) groups excluding carboxylic acids is 1. The predicted octanol–water partition coefficient (Wildman–Crippen LogP) is 6.23. The average molecular weight is 647 g/mol. The number of hydrogen-bond donors (Lipinski definition) is 1. The van der Waals surface area contributed by atoms with Gasteiger partial charge in [0.1, 0.15) is 18.0 Å². The zero-order valence-corrected chi connectivity index (χ0v) is 23.7. The Hall–Kier alpha value is -3.85. The second-order valence-corrected chi connectivity index (χ2v) is 10.9. The minimum atomic E-state index is -5.07. The average Bonchev–Trinajstić information content (AvgIpc) is 3.36. The molecule has 1 aromatic heterocycles. The molecular formula is C28H25ClF6N4O5. The number of piperidine rings is 1. The van der Waals surface area contributed by atoms with Crippen molar-refractivity contribution >= 4 is 23.5 Å². The Morgan fingerprint density at radius 1 is 1.02 bits per heavy atom. The van der Waals surface area contributed by atoms with Crippen molar-refractivity contribution in [1.29, 1.82) is 0 Å². The van der Waals surface area contributed by atoms with Gasteiger partial charge >= 0.3 is 18.3 Å². The molecule has 0 saturated carbocycles. The molecule has 5 rings (SSSR count). The molecule has 236 valence electrons. The van der Waals surface area contributed by atoms with Gasteiger partial charge in [0.25, 0.3) is 0 Å². The molecule has 0 unspecified atom stereocenters. The first-order valence-electron chi connectivity index (χ1n) is 13.4. The summed E-state index contributed by atoms with van der Waals surface area (Å²) in [7, 11) is 1.31. The summed E-state index contributed by atoms with van der Waals surface area (Å²) in [5.41, 5.74) is -1.71. The molecule has 2 aromatic carbocycles. The highest BCUT2D eigenvalue weighted by Gasteiger charge is 2.45. The van der Waals surface area contributed by atoms with Crippen molar-refractivity contribution in [3.05, 3.63) is 69.8 Å². The third kappa shape index (κ3) is 6.20. The first kappa shape index (κ1) is 31.6. The normalized spacial score (nSPS) is 19.2.